The third-order valence-electron chi connectivity index (χ3n) is 3.39. The Balaban J connectivity index is 1.80. The van der Waals surface area contributed by atoms with Crippen molar-refractivity contribution in [1.82, 2.24) is 20.0 Å². The van der Waals surface area contributed by atoms with E-state index in [-0.39, 0.29) is 6.04 Å². The second-order valence-electron chi connectivity index (χ2n) is 4.59. The lowest BCUT2D eigenvalue weighted by Gasteiger charge is -2.17. The largest absolute Gasteiger partial charge is 0.352 e. The van der Waals surface area contributed by atoms with Crippen LogP contribution < -0.4 is 4.90 Å². The SMILES string of the molecule is N#Cc1cnn(C2CCN(c3nnccc3C#N)C2)c1. The van der Waals surface area contributed by atoms with Crippen LogP contribution in [-0.4, -0.2) is 33.1 Å². The summed E-state index contributed by atoms with van der Waals surface area (Å²) < 4.78 is 1.81. The average Bonchev–Trinajstić information content (AvgIpc) is 3.15. The van der Waals surface area contributed by atoms with Crippen molar-refractivity contribution >= 4 is 5.82 Å². The molecule has 20 heavy (non-hydrogen) atoms. The Labute approximate surface area is 115 Å². The molecule has 98 valence electrons. The van der Waals surface area contributed by atoms with Crippen molar-refractivity contribution in [3.8, 4) is 12.1 Å². The van der Waals surface area contributed by atoms with Gasteiger partial charge in [-0.3, -0.25) is 4.68 Å². The average molecular weight is 265 g/mol. The second kappa shape index (κ2) is 4.98. The van der Waals surface area contributed by atoms with Gasteiger partial charge in [-0.05, 0) is 12.5 Å². The smallest absolute Gasteiger partial charge is 0.169 e. The molecule has 2 aromatic heterocycles. The van der Waals surface area contributed by atoms with Crippen LogP contribution in [0, 0.1) is 22.7 Å². The second-order valence-corrected chi connectivity index (χ2v) is 4.59. The predicted molar refractivity (Wildman–Crippen MR) is 69.6 cm³/mol. The number of nitrogens with zero attached hydrogens (tertiary/aromatic N) is 7. The Hall–Kier alpha value is -2.93. The van der Waals surface area contributed by atoms with Gasteiger partial charge in [-0.25, -0.2) is 0 Å². The van der Waals surface area contributed by atoms with Gasteiger partial charge in [0.25, 0.3) is 0 Å². The van der Waals surface area contributed by atoms with Gasteiger partial charge < -0.3 is 4.90 Å². The van der Waals surface area contributed by atoms with Crippen LogP contribution in [0.25, 0.3) is 0 Å². The van der Waals surface area contributed by atoms with E-state index in [4.69, 9.17) is 10.5 Å². The number of anilines is 1. The van der Waals surface area contributed by atoms with E-state index in [9.17, 15) is 0 Å². The van der Waals surface area contributed by atoms with Gasteiger partial charge in [-0.15, -0.1) is 5.10 Å². The molecule has 1 aliphatic rings. The molecule has 0 saturated carbocycles. The molecule has 0 radical (unpaired) electrons. The molecule has 0 bridgehead atoms. The first-order valence-electron chi connectivity index (χ1n) is 6.23. The van der Waals surface area contributed by atoms with Gasteiger partial charge in [0.15, 0.2) is 5.82 Å². The highest BCUT2D eigenvalue weighted by Crippen LogP contribution is 2.26. The zero-order chi connectivity index (χ0) is 13.9. The number of nitriles is 2. The molecule has 1 atom stereocenters. The van der Waals surface area contributed by atoms with E-state index >= 15 is 0 Å². The van der Waals surface area contributed by atoms with E-state index < -0.39 is 0 Å². The summed E-state index contributed by atoms with van der Waals surface area (Å²) in [5.74, 6) is 0.616. The van der Waals surface area contributed by atoms with Crippen LogP contribution in [0.4, 0.5) is 5.82 Å². The zero-order valence-corrected chi connectivity index (χ0v) is 10.6. The maximum absolute atomic E-state index is 9.10. The van der Waals surface area contributed by atoms with Crippen LogP contribution in [0.1, 0.15) is 23.6 Å². The molecule has 3 rings (SSSR count). The van der Waals surface area contributed by atoms with Gasteiger partial charge >= 0.3 is 0 Å². The standard InChI is InChI=1S/C13H11N7/c14-5-10-7-17-20(8-10)12-2-4-19(9-12)13-11(6-15)1-3-16-18-13/h1,3,7-8,12H,2,4,9H2. The maximum atomic E-state index is 9.10. The fraction of sp³-hybridized carbons (Fsp3) is 0.308. The van der Waals surface area contributed by atoms with E-state index in [1.165, 1.54) is 6.20 Å². The van der Waals surface area contributed by atoms with Crippen LogP contribution >= 0.6 is 0 Å². The molecule has 3 heterocycles. The first-order valence-corrected chi connectivity index (χ1v) is 6.23. The molecule has 0 aliphatic carbocycles. The highest BCUT2D eigenvalue weighted by atomic mass is 15.3. The minimum atomic E-state index is 0.186. The fourth-order valence-electron chi connectivity index (χ4n) is 2.39. The molecule has 0 N–H and O–H groups in total. The van der Waals surface area contributed by atoms with Crippen molar-refractivity contribution in [2.75, 3.05) is 18.0 Å². The highest BCUT2D eigenvalue weighted by molar-refractivity contribution is 5.53. The molecule has 1 unspecified atom stereocenters. The molecule has 1 saturated heterocycles. The predicted octanol–water partition coefficient (Wildman–Crippen LogP) is 0.868. The van der Waals surface area contributed by atoms with Crippen molar-refractivity contribution < 1.29 is 0 Å². The van der Waals surface area contributed by atoms with Crippen LogP contribution in [0.3, 0.4) is 0 Å². The van der Waals surface area contributed by atoms with Gasteiger partial charge in [0.05, 0.1) is 29.6 Å². The summed E-state index contributed by atoms with van der Waals surface area (Å²) in [5, 5.41) is 30.0. The molecule has 1 fully saturated rings. The molecule has 0 spiro atoms. The van der Waals surface area contributed by atoms with Gasteiger partial charge in [0.1, 0.15) is 12.1 Å². The number of hydrogen-bond donors (Lipinski definition) is 0. The summed E-state index contributed by atoms with van der Waals surface area (Å²) in [4.78, 5) is 2.03. The van der Waals surface area contributed by atoms with Gasteiger partial charge in [0.2, 0.25) is 0 Å². The van der Waals surface area contributed by atoms with E-state index in [0.29, 0.717) is 23.5 Å². The van der Waals surface area contributed by atoms with Crippen molar-refractivity contribution in [3.05, 3.63) is 35.8 Å². The van der Waals surface area contributed by atoms with E-state index in [0.717, 1.165) is 13.0 Å². The Morgan fingerprint density at radius 2 is 2.20 bits per heavy atom. The minimum Gasteiger partial charge on any atom is -0.352 e. The molecular formula is C13H11N7. The van der Waals surface area contributed by atoms with Crippen molar-refractivity contribution in [3.63, 3.8) is 0 Å². The summed E-state index contributed by atoms with van der Waals surface area (Å²) in [6.07, 6.45) is 5.72. The third-order valence-corrected chi connectivity index (χ3v) is 3.39. The van der Waals surface area contributed by atoms with E-state index in [2.05, 4.69) is 27.4 Å². The van der Waals surface area contributed by atoms with Crippen molar-refractivity contribution in [2.24, 2.45) is 0 Å². The first-order chi connectivity index (χ1) is 9.81. The maximum Gasteiger partial charge on any atom is 0.169 e. The Kier molecular flexibility index (Phi) is 3.02. The summed E-state index contributed by atoms with van der Waals surface area (Å²) in [7, 11) is 0. The quantitative estimate of drug-likeness (QED) is 0.799. The van der Waals surface area contributed by atoms with Gasteiger partial charge in [-0.1, -0.05) is 0 Å². The Morgan fingerprint density at radius 1 is 1.30 bits per heavy atom. The zero-order valence-electron chi connectivity index (χ0n) is 10.6. The fourth-order valence-corrected chi connectivity index (χ4v) is 2.39. The summed E-state index contributed by atoms with van der Waals surface area (Å²) >= 11 is 0. The van der Waals surface area contributed by atoms with Gasteiger partial charge in [0, 0.05) is 19.3 Å². The van der Waals surface area contributed by atoms with Crippen molar-refractivity contribution in [1.29, 1.82) is 10.5 Å². The van der Waals surface area contributed by atoms with Crippen LogP contribution in [0.5, 0.6) is 0 Å². The number of aromatic nitrogens is 4. The molecule has 7 heteroatoms. The lowest BCUT2D eigenvalue weighted by Crippen LogP contribution is -2.23. The summed E-state index contributed by atoms with van der Waals surface area (Å²) in [6, 6.07) is 6.05. The molecule has 0 amide bonds. The first kappa shape index (κ1) is 12.1. The van der Waals surface area contributed by atoms with Crippen molar-refractivity contribution in [2.45, 2.75) is 12.5 Å². The number of rotatable bonds is 2. The topological polar surface area (TPSA) is 94.4 Å². The molecule has 7 nitrogen and oxygen atoms in total. The molecule has 2 aromatic rings. The van der Waals surface area contributed by atoms with Crippen LogP contribution in [-0.2, 0) is 0 Å². The summed E-state index contributed by atoms with van der Waals surface area (Å²) in [5.41, 5.74) is 1.08. The summed E-state index contributed by atoms with van der Waals surface area (Å²) in [6.45, 7) is 1.50. The highest BCUT2D eigenvalue weighted by Gasteiger charge is 2.27. The van der Waals surface area contributed by atoms with Gasteiger partial charge in [-0.2, -0.15) is 20.7 Å². The van der Waals surface area contributed by atoms with E-state index in [1.54, 1.807) is 23.1 Å². The lowest BCUT2D eigenvalue weighted by atomic mass is 10.3. The number of hydrogen-bond acceptors (Lipinski definition) is 6. The van der Waals surface area contributed by atoms with Crippen LogP contribution in [0.15, 0.2) is 24.7 Å². The van der Waals surface area contributed by atoms with E-state index in [1.807, 2.05) is 4.90 Å². The Morgan fingerprint density at radius 3 is 2.95 bits per heavy atom. The third kappa shape index (κ3) is 2.06. The minimum absolute atomic E-state index is 0.186. The van der Waals surface area contributed by atoms with Crippen LogP contribution in [0.2, 0.25) is 0 Å². The normalized spacial score (nSPS) is 17.7. The molecule has 1 aliphatic heterocycles. The monoisotopic (exact) mass is 265 g/mol. The molecular weight excluding hydrogens is 254 g/mol. The Bertz CT molecular complexity index is 706. The molecule has 0 aromatic carbocycles. The lowest BCUT2D eigenvalue weighted by molar-refractivity contribution is 0.494.